The highest BCUT2D eigenvalue weighted by atomic mass is 28.3. The lowest BCUT2D eigenvalue weighted by Crippen LogP contribution is -2.60. The predicted octanol–water partition coefficient (Wildman–Crippen LogP) is 7.13. The highest BCUT2D eigenvalue weighted by Gasteiger charge is 2.47. The fourth-order valence-electron chi connectivity index (χ4n) is 6.35. The third-order valence-electron chi connectivity index (χ3n) is 7.77. The van der Waals surface area contributed by atoms with Gasteiger partial charge in [-0.15, -0.1) is 0 Å². The average Bonchev–Trinajstić information content (AvgIpc) is 3.35. The Morgan fingerprint density at radius 3 is 1.81 bits per heavy atom. The Bertz CT molecular complexity index is 1450. The number of benzene rings is 5. The second-order valence-corrected chi connectivity index (χ2v) is 13.6. The van der Waals surface area contributed by atoms with Gasteiger partial charge in [0.2, 0.25) is 0 Å². The molecule has 0 N–H and O–H groups in total. The van der Waals surface area contributed by atoms with Crippen molar-refractivity contribution in [3.63, 3.8) is 0 Å². The maximum absolute atomic E-state index is 2.53. The molecule has 7 rings (SSSR count). The summed E-state index contributed by atoms with van der Waals surface area (Å²) in [5.74, 6) is 0. The SMILES string of the molecule is c1ccc2c(c1)N(c1ccc3ccc4ccccc4c3c1)c1ccccc1[Si]21CCCC1. The summed E-state index contributed by atoms with van der Waals surface area (Å²) >= 11 is 0. The summed E-state index contributed by atoms with van der Waals surface area (Å²) in [6.45, 7) is 0. The van der Waals surface area contributed by atoms with Crippen LogP contribution in [0, 0.1) is 0 Å². The van der Waals surface area contributed by atoms with Gasteiger partial charge >= 0.3 is 0 Å². The van der Waals surface area contributed by atoms with E-state index in [0.29, 0.717) is 0 Å². The lowest BCUT2D eigenvalue weighted by Gasteiger charge is -2.42. The third-order valence-corrected chi connectivity index (χ3v) is 13.1. The number of para-hydroxylation sites is 2. The van der Waals surface area contributed by atoms with Crippen LogP contribution in [0.1, 0.15) is 12.8 Å². The van der Waals surface area contributed by atoms with Gasteiger partial charge in [-0.05, 0) is 68.3 Å². The molecule has 1 saturated heterocycles. The summed E-state index contributed by atoms with van der Waals surface area (Å²) in [5, 5.41) is 8.52. The minimum Gasteiger partial charge on any atom is -0.311 e. The second-order valence-electron chi connectivity index (χ2n) is 9.35. The first kappa shape index (κ1) is 18.2. The van der Waals surface area contributed by atoms with Crippen LogP contribution in [0.15, 0.2) is 103 Å². The van der Waals surface area contributed by atoms with Crippen molar-refractivity contribution < 1.29 is 0 Å². The molecule has 0 saturated carbocycles. The van der Waals surface area contributed by atoms with Gasteiger partial charge in [0.1, 0.15) is 8.07 Å². The van der Waals surface area contributed by atoms with Gasteiger partial charge < -0.3 is 4.90 Å². The van der Waals surface area contributed by atoms with E-state index in [1.54, 1.807) is 10.4 Å². The molecule has 2 heterocycles. The Labute approximate surface area is 189 Å². The summed E-state index contributed by atoms with van der Waals surface area (Å²) in [4.78, 5) is 2.53. The standard InChI is InChI=1S/C30H25NSi/c1-2-10-25-22(9-1)15-16-23-17-18-24(21-26(23)25)31-27-11-3-5-13-29(27)32(19-7-8-20-32)30-14-6-4-12-28(30)31/h1-6,9-18,21H,7-8,19-20H2. The summed E-state index contributed by atoms with van der Waals surface area (Å²) < 4.78 is 0. The molecule has 2 heteroatoms. The molecule has 0 aromatic heterocycles. The van der Waals surface area contributed by atoms with Crippen molar-refractivity contribution in [3.05, 3.63) is 103 Å². The number of rotatable bonds is 1. The Kier molecular flexibility index (Phi) is 3.88. The summed E-state index contributed by atoms with van der Waals surface area (Å²) in [7, 11) is -1.67. The van der Waals surface area contributed by atoms with Gasteiger partial charge in [-0.2, -0.15) is 0 Å². The fourth-order valence-corrected chi connectivity index (χ4v) is 11.9. The van der Waals surface area contributed by atoms with Crippen LogP contribution in [0.4, 0.5) is 17.1 Å². The Morgan fingerprint density at radius 1 is 0.531 bits per heavy atom. The monoisotopic (exact) mass is 427 g/mol. The molecule has 1 fully saturated rings. The largest absolute Gasteiger partial charge is 0.311 e. The molecule has 0 unspecified atom stereocenters. The molecule has 1 spiro atoms. The van der Waals surface area contributed by atoms with Crippen molar-refractivity contribution in [1.29, 1.82) is 0 Å². The zero-order chi connectivity index (χ0) is 21.1. The number of hydrogen-bond acceptors (Lipinski definition) is 1. The number of nitrogens with zero attached hydrogens (tertiary/aromatic N) is 1. The van der Waals surface area contributed by atoms with Gasteiger partial charge in [-0.25, -0.2) is 0 Å². The highest BCUT2D eigenvalue weighted by molar-refractivity contribution is 7.05. The number of anilines is 3. The lowest BCUT2D eigenvalue weighted by atomic mass is 10.0. The first-order valence-electron chi connectivity index (χ1n) is 11.8. The van der Waals surface area contributed by atoms with E-state index in [4.69, 9.17) is 0 Å². The van der Waals surface area contributed by atoms with Crippen LogP contribution in [-0.4, -0.2) is 8.07 Å². The molecule has 2 aliphatic heterocycles. The van der Waals surface area contributed by atoms with Gasteiger partial charge in [-0.1, -0.05) is 91.7 Å². The second kappa shape index (κ2) is 6.82. The highest BCUT2D eigenvalue weighted by Crippen LogP contribution is 2.44. The minimum absolute atomic E-state index is 1.26. The van der Waals surface area contributed by atoms with Crippen LogP contribution >= 0.6 is 0 Å². The van der Waals surface area contributed by atoms with Crippen molar-refractivity contribution in [1.82, 2.24) is 0 Å². The van der Waals surface area contributed by atoms with E-state index in [1.165, 1.54) is 63.5 Å². The molecule has 1 nitrogen and oxygen atoms in total. The number of fused-ring (bicyclic) bond motifs is 7. The van der Waals surface area contributed by atoms with Crippen molar-refractivity contribution in [2.75, 3.05) is 4.90 Å². The maximum Gasteiger partial charge on any atom is 0.123 e. The number of hydrogen-bond donors (Lipinski definition) is 0. The molecule has 0 bridgehead atoms. The zero-order valence-electron chi connectivity index (χ0n) is 18.1. The van der Waals surface area contributed by atoms with Crippen LogP contribution in [0.25, 0.3) is 21.5 Å². The molecule has 2 aliphatic rings. The molecule has 154 valence electrons. The van der Waals surface area contributed by atoms with E-state index < -0.39 is 8.07 Å². The maximum atomic E-state index is 2.53. The van der Waals surface area contributed by atoms with E-state index in [-0.39, 0.29) is 0 Å². The Balaban J connectivity index is 1.52. The molecule has 0 aliphatic carbocycles. The van der Waals surface area contributed by atoms with E-state index in [9.17, 15) is 0 Å². The minimum atomic E-state index is -1.67. The first-order valence-corrected chi connectivity index (χ1v) is 14.2. The first-order chi connectivity index (χ1) is 15.9. The van der Waals surface area contributed by atoms with E-state index in [2.05, 4.69) is 108 Å². The molecule has 0 atom stereocenters. The van der Waals surface area contributed by atoms with Crippen molar-refractivity contribution in [2.24, 2.45) is 0 Å². The fraction of sp³-hybridized carbons (Fsp3) is 0.133. The van der Waals surface area contributed by atoms with Gasteiger partial charge in [0.15, 0.2) is 0 Å². The van der Waals surface area contributed by atoms with E-state index >= 15 is 0 Å². The molecular weight excluding hydrogens is 402 g/mol. The zero-order valence-corrected chi connectivity index (χ0v) is 19.1. The van der Waals surface area contributed by atoms with Crippen molar-refractivity contribution in [3.8, 4) is 0 Å². The van der Waals surface area contributed by atoms with Crippen molar-refractivity contribution in [2.45, 2.75) is 24.9 Å². The molecule has 0 radical (unpaired) electrons. The lowest BCUT2D eigenvalue weighted by molar-refractivity contribution is 0.935. The Hall–Kier alpha value is -3.36. The quantitative estimate of drug-likeness (QED) is 0.203. The molecule has 5 aromatic rings. The van der Waals surface area contributed by atoms with E-state index in [0.717, 1.165) is 0 Å². The van der Waals surface area contributed by atoms with Gasteiger partial charge in [-0.3, -0.25) is 0 Å². The van der Waals surface area contributed by atoms with Gasteiger partial charge in [0.05, 0.1) is 0 Å². The Morgan fingerprint density at radius 2 is 1.09 bits per heavy atom. The molecule has 32 heavy (non-hydrogen) atoms. The molecular formula is C30H25NSi. The van der Waals surface area contributed by atoms with Gasteiger partial charge in [0, 0.05) is 17.1 Å². The van der Waals surface area contributed by atoms with Gasteiger partial charge in [0.25, 0.3) is 0 Å². The van der Waals surface area contributed by atoms with Crippen LogP contribution in [-0.2, 0) is 0 Å². The molecule has 5 aromatic carbocycles. The van der Waals surface area contributed by atoms with Crippen LogP contribution in [0.3, 0.4) is 0 Å². The van der Waals surface area contributed by atoms with Crippen LogP contribution in [0.5, 0.6) is 0 Å². The summed E-state index contributed by atoms with van der Waals surface area (Å²) in [6.07, 6.45) is 2.74. The topological polar surface area (TPSA) is 3.24 Å². The smallest absolute Gasteiger partial charge is 0.123 e. The van der Waals surface area contributed by atoms with E-state index in [1.807, 2.05) is 0 Å². The van der Waals surface area contributed by atoms with Crippen LogP contribution in [0.2, 0.25) is 12.1 Å². The average molecular weight is 428 g/mol. The third kappa shape index (κ3) is 2.44. The van der Waals surface area contributed by atoms with Crippen molar-refractivity contribution >= 4 is 57.1 Å². The summed E-state index contributed by atoms with van der Waals surface area (Å²) in [6, 6.07) is 41.5. The predicted molar refractivity (Wildman–Crippen MR) is 140 cm³/mol. The summed E-state index contributed by atoms with van der Waals surface area (Å²) in [5.41, 5.74) is 4.06. The normalized spacial score (nSPS) is 16.4. The van der Waals surface area contributed by atoms with Crippen LogP contribution < -0.4 is 15.3 Å². The molecule has 0 amide bonds.